The van der Waals surface area contributed by atoms with Crippen molar-refractivity contribution in [1.29, 1.82) is 0 Å². The molecule has 98 valence electrons. The molecule has 3 heterocycles. The average Bonchev–Trinajstić information content (AvgIpc) is 3.01. The molecule has 4 rings (SSSR count). The van der Waals surface area contributed by atoms with Gasteiger partial charge in [-0.2, -0.15) is 5.10 Å². The number of halogens is 1. The maximum Gasteiger partial charge on any atom is 0.144 e. The molecule has 0 saturated heterocycles. The molecule has 5 heteroatoms. The van der Waals surface area contributed by atoms with E-state index in [1.54, 1.807) is 12.4 Å². The van der Waals surface area contributed by atoms with Crippen LogP contribution >= 0.6 is 11.6 Å². The Labute approximate surface area is 120 Å². The molecular weight excluding hydrogens is 272 g/mol. The number of nitrogens with zero attached hydrogens (tertiary/aromatic N) is 3. The molecule has 20 heavy (non-hydrogen) atoms. The molecule has 4 nitrogen and oxygen atoms in total. The number of aryl methyl sites for hydroxylation is 1. The van der Waals surface area contributed by atoms with Gasteiger partial charge >= 0.3 is 0 Å². The Balaban J connectivity index is 2.08. The van der Waals surface area contributed by atoms with Crippen molar-refractivity contribution in [3.8, 4) is 5.69 Å². The number of benzene rings is 1. The lowest BCUT2D eigenvalue weighted by molar-refractivity contribution is 1.03. The van der Waals surface area contributed by atoms with Crippen molar-refractivity contribution in [2.24, 2.45) is 0 Å². The minimum absolute atomic E-state index is 0.659. The van der Waals surface area contributed by atoms with Gasteiger partial charge in [-0.05, 0) is 37.3 Å². The van der Waals surface area contributed by atoms with Crippen LogP contribution in [0, 0.1) is 6.92 Å². The molecule has 3 aromatic heterocycles. The van der Waals surface area contributed by atoms with E-state index in [-0.39, 0.29) is 0 Å². The third-order valence-corrected chi connectivity index (χ3v) is 3.79. The van der Waals surface area contributed by atoms with Crippen LogP contribution in [0.1, 0.15) is 5.69 Å². The van der Waals surface area contributed by atoms with Gasteiger partial charge < -0.3 is 0 Å². The molecule has 0 atom stereocenters. The Kier molecular flexibility index (Phi) is 2.35. The van der Waals surface area contributed by atoms with Gasteiger partial charge in [-0.25, -0.2) is 4.98 Å². The molecule has 0 aliphatic heterocycles. The first-order valence-electron chi connectivity index (χ1n) is 6.30. The quantitative estimate of drug-likeness (QED) is 0.576. The number of nitrogens with one attached hydrogen (secondary N) is 1. The van der Waals surface area contributed by atoms with Crippen molar-refractivity contribution in [1.82, 2.24) is 19.7 Å². The summed E-state index contributed by atoms with van der Waals surface area (Å²) < 4.78 is 2.10. The van der Waals surface area contributed by atoms with Crippen molar-refractivity contribution in [2.45, 2.75) is 6.92 Å². The second kappa shape index (κ2) is 4.08. The summed E-state index contributed by atoms with van der Waals surface area (Å²) in [5, 5.41) is 9.71. The Bertz CT molecular complexity index is 936. The Morgan fingerprint density at radius 3 is 3.00 bits per heavy atom. The van der Waals surface area contributed by atoms with Gasteiger partial charge in [-0.3, -0.25) is 9.67 Å². The summed E-state index contributed by atoms with van der Waals surface area (Å²) in [6, 6.07) is 10.1. The number of hydrogen-bond acceptors (Lipinski definition) is 2. The highest BCUT2D eigenvalue weighted by atomic mass is 35.5. The lowest BCUT2D eigenvalue weighted by Crippen LogP contribution is -1.97. The van der Waals surface area contributed by atoms with Crippen molar-refractivity contribution in [3.63, 3.8) is 0 Å². The predicted octanol–water partition coefficient (Wildman–Crippen LogP) is 3.86. The number of H-pyrrole nitrogens is 1. The largest absolute Gasteiger partial charge is 0.299 e. The third kappa shape index (κ3) is 1.55. The second-order valence-corrected chi connectivity index (χ2v) is 5.21. The van der Waals surface area contributed by atoms with E-state index < -0.39 is 0 Å². The van der Waals surface area contributed by atoms with Crippen LogP contribution in [0.5, 0.6) is 0 Å². The smallest absolute Gasteiger partial charge is 0.144 e. The van der Waals surface area contributed by atoms with E-state index in [0.717, 1.165) is 33.3 Å². The van der Waals surface area contributed by atoms with E-state index in [2.05, 4.69) is 44.9 Å². The van der Waals surface area contributed by atoms with Gasteiger partial charge in [-0.15, -0.1) is 0 Å². The number of fused-ring (bicyclic) bond motifs is 2. The van der Waals surface area contributed by atoms with E-state index in [9.17, 15) is 0 Å². The maximum absolute atomic E-state index is 6.32. The standard InChI is InChI=1S/C15H11ClN4/c1-9-5-10-3-2-4-17-15(10)20(9)12-6-11-8-18-19-14(11)13(16)7-12/h2-8H,1H3,(H,18,19). The minimum Gasteiger partial charge on any atom is -0.299 e. The number of hydrogen-bond donors (Lipinski definition) is 1. The first kappa shape index (κ1) is 11.5. The Morgan fingerprint density at radius 1 is 1.20 bits per heavy atom. The third-order valence-electron chi connectivity index (χ3n) is 3.49. The summed E-state index contributed by atoms with van der Waals surface area (Å²) in [6.07, 6.45) is 3.58. The summed E-state index contributed by atoms with van der Waals surface area (Å²) in [5.41, 5.74) is 3.91. The molecule has 1 aromatic carbocycles. The first-order valence-corrected chi connectivity index (χ1v) is 6.68. The molecule has 0 unspecified atom stereocenters. The zero-order valence-electron chi connectivity index (χ0n) is 10.8. The van der Waals surface area contributed by atoms with Crippen LogP contribution in [0.2, 0.25) is 5.02 Å². The molecule has 0 aliphatic carbocycles. The van der Waals surface area contributed by atoms with Gasteiger partial charge in [0.25, 0.3) is 0 Å². The molecule has 0 aliphatic rings. The Morgan fingerprint density at radius 2 is 2.10 bits per heavy atom. The molecule has 1 N–H and O–H groups in total. The summed E-state index contributed by atoms with van der Waals surface area (Å²) in [7, 11) is 0. The predicted molar refractivity (Wildman–Crippen MR) is 80.5 cm³/mol. The van der Waals surface area contributed by atoms with Gasteiger partial charge in [0.1, 0.15) is 5.65 Å². The first-order chi connectivity index (χ1) is 9.74. The minimum atomic E-state index is 0.659. The Hall–Kier alpha value is -2.33. The fourth-order valence-corrected chi connectivity index (χ4v) is 2.88. The fourth-order valence-electron chi connectivity index (χ4n) is 2.62. The maximum atomic E-state index is 6.32. The molecule has 0 saturated carbocycles. The lowest BCUT2D eigenvalue weighted by atomic mass is 10.2. The molecule has 0 amide bonds. The zero-order chi connectivity index (χ0) is 13.7. The van der Waals surface area contributed by atoms with Crippen LogP contribution in [0.4, 0.5) is 0 Å². The van der Waals surface area contributed by atoms with Crippen LogP contribution in [0.25, 0.3) is 27.6 Å². The number of aromatic nitrogens is 4. The number of pyridine rings is 1. The molecule has 0 fully saturated rings. The van der Waals surface area contributed by atoms with Crippen molar-refractivity contribution in [3.05, 3.63) is 53.4 Å². The van der Waals surface area contributed by atoms with E-state index in [1.807, 2.05) is 12.1 Å². The van der Waals surface area contributed by atoms with Crippen LogP contribution in [-0.2, 0) is 0 Å². The van der Waals surface area contributed by atoms with Gasteiger partial charge in [0.15, 0.2) is 0 Å². The molecule has 0 bridgehead atoms. The summed E-state index contributed by atoms with van der Waals surface area (Å²) in [5.74, 6) is 0. The van der Waals surface area contributed by atoms with Crippen molar-refractivity contribution >= 4 is 33.5 Å². The van der Waals surface area contributed by atoms with E-state index in [0.29, 0.717) is 5.02 Å². The van der Waals surface area contributed by atoms with Gasteiger partial charge in [0, 0.05) is 28.4 Å². The van der Waals surface area contributed by atoms with E-state index >= 15 is 0 Å². The number of aromatic amines is 1. The van der Waals surface area contributed by atoms with Gasteiger partial charge in [0.2, 0.25) is 0 Å². The van der Waals surface area contributed by atoms with Crippen LogP contribution < -0.4 is 0 Å². The lowest BCUT2D eigenvalue weighted by Gasteiger charge is -2.08. The highest BCUT2D eigenvalue weighted by Gasteiger charge is 2.11. The van der Waals surface area contributed by atoms with Gasteiger partial charge in [0.05, 0.1) is 16.7 Å². The van der Waals surface area contributed by atoms with Gasteiger partial charge in [-0.1, -0.05) is 11.6 Å². The highest BCUT2D eigenvalue weighted by Crippen LogP contribution is 2.28. The summed E-state index contributed by atoms with van der Waals surface area (Å²) >= 11 is 6.32. The van der Waals surface area contributed by atoms with Crippen molar-refractivity contribution in [2.75, 3.05) is 0 Å². The average molecular weight is 283 g/mol. The molecule has 0 radical (unpaired) electrons. The highest BCUT2D eigenvalue weighted by molar-refractivity contribution is 6.35. The molecule has 4 aromatic rings. The van der Waals surface area contributed by atoms with E-state index in [4.69, 9.17) is 11.6 Å². The molecule has 0 spiro atoms. The summed E-state index contributed by atoms with van der Waals surface area (Å²) in [6.45, 7) is 2.06. The zero-order valence-corrected chi connectivity index (χ0v) is 11.5. The SMILES string of the molecule is Cc1cc2cccnc2n1-c1cc(Cl)c2[nH]ncc2c1. The normalized spacial score (nSPS) is 11.5. The van der Waals surface area contributed by atoms with Crippen LogP contribution in [-0.4, -0.2) is 19.7 Å². The second-order valence-electron chi connectivity index (χ2n) is 4.80. The monoisotopic (exact) mass is 282 g/mol. The molecular formula is C15H11ClN4. The van der Waals surface area contributed by atoms with Crippen molar-refractivity contribution < 1.29 is 0 Å². The summed E-state index contributed by atoms with van der Waals surface area (Å²) in [4.78, 5) is 4.47. The fraction of sp³-hybridized carbons (Fsp3) is 0.0667. The number of rotatable bonds is 1. The van der Waals surface area contributed by atoms with Crippen LogP contribution in [0.15, 0.2) is 42.7 Å². The topological polar surface area (TPSA) is 46.5 Å². The van der Waals surface area contributed by atoms with Crippen LogP contribution in [0.3, 0.4) is 0 Å². The van der Waals surface area contributed by atoms with E-state index in [1.165, 1.54) is 0 Å².